The first-order valence-electron chi connectivity index (χ1n) is 20.2. The van der Waals surface area contributed by atoms with Gasteiger partial charge >= 0.3 is 0 Å². The Morgan fingerprint density at radius 3 is 1.66 bits per heavy atom. The second-order valence-electron chi connectivity index (χ2n) is 15.4. The number of para-hydroxylation sites is 3. The van der Waals surface area contributed by atoms with E-state index < -0.39 is 5.41 Å². The SMILES string of the molecule is c1ccc(-c2nc3ccccc3c3c2ccc2c4cccc(-c5cccc(N6c7ccccc7C(c7ccccc7)(c7ccccc7)c7ccccc76)c5)c4sc23)cc1. The van der Waals surface area contributed by atoms with Crippen LogP contribution in [0.2, 0.25) is 0 Å². The van der Waals surface area contributed by atoms with Gasteiger partial charge in [-0.1, -0.05) is 188 Å². The second-order valence-corrected chi connectivity index (χ2v) is 16.4. The van der Waals surface area contributed by atoms with E-state index in [-0.39, 0.29) is 0 Å². The molecule has 11 aromatic rings. The van der Waals surface area contributed by atoms with Crippen LogP contribution in [0.15, 0.2) is 218 Å². The fourth-order valence-electron chi connectivity index (χ4n) is 9.84. The van der Waals surface area contributed by atoms with Gasteiger partial charge in [0.05, 0.1) is 28.0 Å². The Balaban J connectivity index is 1.07. The van der Waals surface area contributed by atoms with Crippen LogP contribution in [0.5, 0.6) is 0 Å². The largest absolute Gasteiger partial charge is 0.310 e. The van der Waals surface area contributed by atoms with Crippen molar-refractivity contribution in [3.05, 3.63) is 241 Å². The molecule has 0 aliphatic carbocycles. The minimum atomic E-state index is -0.505. The highest BCUT2D eigenvalue weighted by molar-refractivity contribution is 7.27. The molecule has 1 aliphatic rings. The number of fused-ring (bicyclic) bond motifs is 9. The molecule has 12 rings (SSSR count). The van der Waals surface area contributed by atoms with Crippen LogP contribution in [0.1, 0.15) is 22.3 Å². The van der Waals surface area contributed by atoms with Gasteiger partial charge in [0.1, 0.15) is 0 Å². The lowest BCUT2D eigenvalue weighted by Gasteiger charge is -2.46. The van der Waals surface area contributed by atoms with Crippen molar-refractivity contribution >= 4 is 70.2 Å². The van der Waals surface area contributed by atoms with Crippen molar-refractivity contribution in [2.24, 2.45) is 0 Å². The third-order valence-electron chi connectivity index (χ3n) is 12.3. The van der Waals surface area contributed by atoms with Gasteiger partial charge in [-0.05, 0) is 63.7 Å². The zero-order chi connectivity index (χ0) is 38.9. The van der Waals surface area contributed by atoms with Gasteiger partial charge in [0.2, 0.25) is 0 Å². The molecule has 2 aromatic heterocycles. The van der Waals surface area contributed by atoms with Gasteiger partial charge in [-0.2, -0.15) is 0 Å². The highest BCUT2D eigenvalue weighted by Gasteiger charge is 2.46. The van der Waals surface area contributed by atoms with E-state index in [1.165, 1.54) is 81.1 Å². The second kappa shape index (κ2) is 13.4. The van der Waals surface area contributed by atoms with E-state index in [2.05, 4.69) is 223 Å². The Bertz CT molecular complexity index is 3300. The molecule has 0 atom stereocenters. The Kier molecular flexibility index (Phi) is 7.66. The first kappa shape index (κ1) is 33.8. The number of hydrogen-bond acceptors (Lipinski definition) is 3. The maximum absolute atomic E-state index is 5.23. The molecule has 0 fully saturated rings. The molecule has 0 saturated heterocycles. The summed E-state index contributed by atoms with van der Waals surface area (Å²) in [4.78, 5) is 7.70. The average Bonchev–Trinajstić information content (AvgIpc) is 3.70. The van der Waals surface area contributed by atoms with Gasteiger partial charge in [-0.15, -0.1) is 11.3 Å². The first-order valence-corrected chi connectivity index (χ1v) is 21.0. The Labute approximate surface area is 346 Å². The Morgan fingerprint density at radius 2 is 0.949 bits per heavy atom. The van der Waals surface area contributed by atoms with Gasteiger partial charge in [0.25, 0.3) is 0 Å². The number of aromatic nitrogens is 1. The summed E-state index contributed by atoms with van der Waals surface area (Å²) >= 11 is 1.90. The normalized spacial score (nSPS) is 13.2. The molecule has 0 radical (unpaired) electrons. The highest BCUT2D eigenvalue weighted by atomic mass is 32.1. The van der Waals surface area contributed by atoms with Crippen molar-refractivity contribution in [3.8, 4) is 22.4 Å². The number of benzene rings is 9. The molecule has 59 heavy (non-hydrogen) atoms. The van der Waals surface area contributed by atoms with E-state index in [0.717, 1.165) is 22.5 Å². The predicted octanol–water partition coefficient (Wildman–Crippen LogP) is 15.3. The minimum absolute atomic E-state index is 0.505. The molecule has 0 N–H and O–H groups in total. The summed E-state index contributed by atoms with van der Waals surface area (Å²) < 4.78 is 2.59. The molecule has 1 aliphatic heterocycles. The van der Waals surface area contributed by atoms with Crippen LogP contribution in [-0.4, -0.2) is 4.98 Å². The van der Waals surface area contributed by atoms with Crippen molar-refractivity contribution in [1.29, 1.82) is 0 Å². The number of thiophene rings is 1. The molecule has 276 valence electrons. The maximum atomic E-state index is 5.23. The fourth-order valence-corrected chi connectivity index (χ4v) is 11.2. The third-order valence-corrected chi connectivity index (χ3v) is 13.6. The number of rotatable bonds is 5. The van der Waals surface area contributed by atoms with Crippen molar-refractivity contribution in [2.45, 2.75) is 5.41 Å². The Hall–Kier alpha value is -7.33. The highest BCUT2D eigenvalue weighted by Crippen LogP contribution is 2.58. The van der Waals surface area contributed by atoms with Gasteiger partial charge in [0.15, 0.2) is 0 Å². The molecule has 3 heterocycles. The van der Waals surface area contributed by atoms with Gasteiger partial charge < -0.3 is 4.90 Å². The number of nitrogens with zero attached hydrogens (tertiary/aromatic N) is 2. The van der Waals surface area contributed by atoms with Crippen molar-refractivity contribution in [1.82, 2.24) is 4.98 Å². The zero-order valence-corrected chi connectivity index (χ0v) is 32.9. The van der Waals surface area contributed by atoms with Crippen molar-refractivity contribution in [3.63, 3.8) is 0 Å². The average molecular weight is 769 g/mol. The first-order chi connectivity index (χ1) is 29.3. The smallest absolute Gasteiger partial charge is 0.0788 e. The Morgan fingerprint density at radius 1 is 0.407 bits per heavy atom. The molecule has 0 saturated carbocycles. The summed E-state index contributed by atoms with van der Waals surface area (Å²) in [6.45, 7) is 0. The predicted molar refractivity (Wildman–Crippen MR) is 250 cm³/mol. The lowest BCUT2D eigenvalue weighted by molar-refractivity contribution is 0.731. The molecular weight excluding hydrogens is 733 g/mol. The minimum Gasteiger partial charge on any atom is -0.310 e. The lowest BCUT2D eigenvalue weighted by atomic mass is 9.62. The van der Waals surface area contributed by atoms with Crippen LogP contribution < -0.4 is 4.90 Å². The van der Waals surface area contributed by atoms with E-state index in [9.17, 15) is 0 Å². The molecule has 0 unspecified atom stereocenters. The van der Waals surface area contributed by atoms with Crippen LogP contribution >= 0.6 is 11.3 Å². The summed E-state index contributed by atoms with van der Waals surface area (Å²) in [6, 6.07) is 79.7. The van der Waals surface area contributed by atoms with Gasteiger partial charge in [-0.3, -0.25) is 0 Å². The molecule has 2 nitrogen and oxygen atoms in total. The summed E-state index contributed by atoms with van der Waals surface area (Å²) in [5, 5.41) is 6.20. The van der Waals surface area contributed by atoms with Crippen molar-refractivity contribution < 1.29 is 0 Å². The quantitative estimate of drug-likeness (QED) is 0.162. The molecular formula is C56H36N2S. The van der Waals surface area contributed by atoms with E-state index in [1.807, 2.05) is 11.3 Å². The van der Waals surface area contributed by atoms with Crippen LogP contribution in [0, 0.1) is 0 Å². The third kappa shape index (κ3) is 5.02. The van der Waals surface area contributed by atoms with E-state index in [0.29, 0.717) is 0 Å². The van der Waals surface area contributed by atoms with E-state index >= 15 is 0 Å². The monoisotopic (exact) mass is 768 g/mol. The van der Waals surface area contributed by atoms with E-state index in [1.54, 1.807) is 0 Å². The molecule has 9 aromatic carbocycles. The van der Waals surface area contributed by atoms with E-state index in [4.69, 9.17) is 4.98 Å². The number of anilines is 3. The van der Waals surface area contributed by atoms with Crippen LogP contribution in [0.4, 0.5) is 17.1 Å². The topological polar surface area (TPSA) is 16.1 Å². The maximum Gasteiger partial charge on any atom is 0.0788 e. The molecule has 0 amide bonds. The number of hydrogen-bond donors (Lipinski definition) is 0. The lowest BCUT2D eigenvalue weighted by Crippen LogP contribution is -2.37. The summed E-state index contributed by atoms with van der Waals surface area (Å²) in [7, 11) is 0. The molecule has 0 bridgehead atoms. The summed E-state index contributed by atoms with van der Waals surface area (Å²) in [5.41, 5.74) is 13.6. The summed E-state index contributed by atoms with van der Waals surface area (Å²) in [6.07, 6.45) is 0. The van der Waals surface area contributed by atoms with Crippen LogP contribution in [-0.2, 0) is 5.41 Å². The van der Waals surface area contributed by atoms with Gasteiger partial charge in [-0.25, -0.2) is 4.98 Å². The summed E-state index contributed by atoms with van der Waals surface area (Å²) in [5.74, 6) is 0. The van der Waals surface area contributed by atoms with Crippen LogP contribution in [0.25, 0.3) is 64.2 Å². The number of pyridine rings is 1. The zero-order valence-electron chi connectivity index (χ0n) is 32.1. The molecule has 0 spiro atoms. The standard InChI is InChI=1S/C56H36N2S/c1-4-18-37(19-5-1)53-46-35-34-44-43-28-17-27-42(54(43)59-55(44)52(46)45-26-10-13-31-49(45)57-53)38-20-16-25-41(36-38)58-50-32-14-11-29-47(50)56(39-21-6-2-7-22-39,40-23-8-3-9-24-40)48-30-12-15-33-51(48)58/h1-36H. The fraction of sp³-hybridized carbons (Fsp3) is 0.0179. The van der Waals surface area contributed by atoms with Gasteiger partial charge in [0, 0.05) is 47.6 Å². The van der Waals surface area contributed by atoms with Crippen LogP contribution in [0.3, 0.4) is 0 Å². The molecule has 3 heteroatoms. The van der Waals surface area contributed by atoms with Crippen molar-refractivity contribution in [2.75, 3.05) is 4.90 Å².